The Morgan fingerprint density at radius 1 is 0.329 bits per heavy atom. The minimum absolute atomic E-state index is 0.358. The second-order valence-corrected chi connectivity index (χ2v) is 23.1. The van der Waals surface area contributed by atoms with E-state index in [0.29, 0.717) is 19.3 Å². The molecule has 0 aromatic carbocycles. The molecule has 0 aliphatic heterocycles. The average Bonchev–Trinajstić information content (AvgIpc) is 3.42. The maximum atomic E-state index is 12.6. The van der Waals surface area contributed by atoms with Crippen LogP contribution in [-0.2, 0) is 4.79 Å². The first-order valence-electron chi connectivity index (χ1n) is 33.7. The van der Waals surface area contributed by atoms with Crippen LogP contribution < -0.4 is 5.32 Å². The number of hydrogen-bond donors (Lipinski definition) is 5. The van der Waals surface area contributed by atoms with Crippen LogP contribution in [0.5, 0.6) is 0 Å². The molecule has 0 heterocycles. The van der Waals surface area contributed by atoms with Gasteiger partial charge in [0.2, 0.25) is 5.91 Å². The number of aliphatic hydroxyl groups excluding tert-OH is 4. The number of hydrogen-bond acceptors (Lipinski definition) is 5. The van der Waals surface area contributed by atoms with E-state index >= 15 is 0 Å². The third-order valence-electron chi connectivity index (χ3n) is 15.7. The summed E-state index contributed by atoms with van der Waals surface area (Å²) in [7, 11) is 0. The lowest BCUT2D eigenvalue weighted by Gasteiger charge is -2.27. The number of amides is 1. The van der Waals surface area contributed by atoms with E-state index in [1.807, 2.05) is 0 Å². The van der Waals surface area contributed by atoms with E-state index < -0.39 is 36.9 Å². The molecule has 6 nitrogen and oxygen atoms in total. The molecular formula is C70H131NO5. The van der Waals surface area contributed by atoms with Crippen LogP contribution in [-0.4, -0.2) is 57.3 Å². The van der Waals surface area contributed by atoms with E-state index in [4.69, 9.17) is 0 Å². The zero-order valence-electron chi connectivity index (χ0n) is 50.8. The number of nitrogens with one attached hydrogen (secondary N) is 1. The molecule has 6 heteroatoms. The maximum absolute atomic E-state index is 12.6. The fourth-order valence-electron chi connectivity index (χ4n) is 10.4. The number of rotatable bonds is 62. The van der Waals surface area contributed by atoms with Gasteiger partial charge in [0.25, 0.3) is 0 Å². The Hall–Kier alpha value is -1.99. The Morgan fingerprint density at radius 3 is 0.908 bits per heavy atom. The van der Waals surface area contributed by atoms with Crippen LogP contribution in [0.3, 0.4) is 0 Å². The molecule has 0 aromatic rings. The molecular weight excluding hydrogens is 935 g/mol. The largest absolute Gasteiger partial charge is 0.394 e. The van der Waals surface area contributed by atoms with Gasteiger partial charge >= 0.3 is 0 Å². The Kier molecular flexibility index (Phi) is 62.2. The quantitative estimate of drug-likeness (QED) is 0.0308. The van der Waals surface area contributed by atoms with Gasteiger partial charge in [0.05, 0.1) is 18.8 Å². The van der Waals surface area contributed by atoms with E-state index in [2.05, 4.69) is 79.9 Å². The molecule has 5 N–H and O–H groups in total. The number of allylic oxidation sites excluding steroid dienone is 10. The summed E-state index contributed by atoms with van der Waals surface area (Å²) in [6.07, 6.45) is 84.8. The van der Waals surface area contributed by atoms with Crippen LogP contribution in [0.2, 0.25) is 0 Å². The second-order valence-electron chi connectivity index (χ2n) is 23.1. The molecule has 4 atom stereocenters. The van der Waals surface area contributed by atoms with Crippen LogP contribution in [0.1, 0.15) is 348 Å². The molecule has 0 spiro atoms. The third-order valence-corrected chi connectivity index (χ3v) is 15.7. The molecule has 76 heavy (non-hydrogen) atoms. The van der Waals surface area contributed by atoms with E-state index in [1.165, 1.54) is 257 Å². The van der Waals surface area contributed by atoms with Crippen molar-refractivity contribution in [2.45, 2.75) is 372 Å². The summed E-state index contributed by atoms with van der Waals surface area (Å²) in [5.41, 5.74) is 0. The van der Waals surface area contributed by atoms with E-state index in [9.17, 15) is 25.2 Å². The first-order chi connectivity index (χ1) is 37.5. The van der Waals surface area contributed by atoms with E-state index in [0.717, 1.165) is 57.8 Å². The fourth-order valence-corrected chi connectivity index (χ4v) is 10.4. The van der Waals surface area contributed by atoms with Gasteiger partial charge < -0.3 is 25.7 Å². The minimum Gasteiger partial charge on any atom is -0.394 e. The van der Waals surface area contributed by atoms with Gasteiger partial charge in [0.15, 0.2) is 0 Å². The minimum atomic E-state index is -1.30. The second kappa shape index (κ2) is 63.8. The molecule has 0 aliphatic rings. The summed E-state index contributed by atoms with van der Waals surface area (Å²) in [5.74, 6) is -0.596. The summed E-state index contributed by atoms with van der Waals surface area (Å²) in [5, 5.41) is 44.1. The molecule has 0 aliphatic carbocycles. The number of carbonyl (C=O) groups excluding carboxylic acids is 1. The van der Waals surface area contributed by atoms with Crippen molar-refractivity contribution in [3.05, 3.63) is 60.8 Å². The summed E-state index contributed by atoms with van der Waals surface area (Å²) < 4.78 is 0. The summed E-state index contributed by atoms with van der Waals surface area (Å²) in [4.78, 5) is 12.6. The molecule has 1 amide bonds. The first kappa shape index (κ1) is 74.0. The molecule has 0 saturated carbocycles. The maximum Gasteiger partial charge on any atom is 0.249 e. The number of carbonyl (C=O) groups is 1. The molecule has 446 valence electrons. The van der Waals surface area contributed by atoms with Crippen molar-refractivity contribution < 1.29 is 25.2 Å². The SMILES string of the molecule is CCCCCCCCCCCCC/C=C\C/C=C\CCCCCCCCCCCCCCCCCCC(O)C(=O)NC(CO)C(O)C(O)CCC/C=C/CC/C=C/CC/C=C/CCCCCCCCCCCCCCC. The van der Waals surface area contributed by atoms with E-state index in [1.54, 1.807) is 0 Å². The van der Waals surface area contributed by atoms with Gasteiger partial charge in [0.1, 0.15) is 12.2 Å². The molecule has 0 saturated heterocycles. The van der Waals surface area contributed by atoms with Crippen molar-refractivity contribution in [1.82, 2.24) is 5.32 Å². The van der Waals surface area contributed by atoms with Crippen molar-refractivity contribution in [2.24, 2.45) is 0 Å². The zero-order valence-corrected chi connectivity index (χ0v) is 50.8. The molecule has 0 radical (unpaired) electrons. The van der Waals surface area contributed by atoms with Gasteiger partial charge in [-0.05, 0) is 96.3 Å². The lowest BCUT2D eigenvalue weighted by Crippen LogP contribution is -2.53. The van der Waals surface area contributed by atoms with Gasteiger partial charge in [-0.25, -0.2) is 0 Å². The molecule has 0 fully saturated rings. The van der Waals surface area contributed by atoms with Crippen molar-refractivity contribution >= 4 is 5.91 Å². The highest BCUT2D eigenvalue weighted by Gasteiger charge is 2.28. The highest BCUT2D eigenvalue weighted by atomic mass is 16.3. The van der Waals surface area contributed by atoms with Crippen molar-refractivity contribution in [3.63, 3.8) is 0 Å². The van der Waals surface area contributed by atoms with Crippen LogP contribution in [0, 0.1) is 0 Å². The predicted octanol–water partition coefficient (Wildman–Crippen LogP) is 20.7. The number of unbranched alkanes of at least 4 members (excludes halogenated alkanes) is 43. The Morgan fingerprint density at radius 2 is 0.592 bits per heavy atom. The Bertz CT molecular complexity index is 1290. The zero-order chi connectivity index (χ0) is 55.1. The van der Waals surface area contributed by atoms with Crippen LogP contribution in [0.15, 0.2) is 60.8 Å². The molecule has 0 bridgehead atoms. The molecule has 0 aromatic heterocycles. The predicted molar refractivity (Wildman–Crippen MR) is 334 cm³/mol. The van der Waals surface area contributed by atoms with Gasteiger partial charge in [-0.1, -0.05) is 312 Å². The van der Waals surface area contributed by atoms with Crippen molar-refractivity contribution in [2.75, 3.05) is 6.61 Å². The van der Waals surface area contributed by atoms with Crippen molar-refractivity contribution in [3.8, 4) is 0 Å². The van der Waals surface area contributed by atoms with Crippen LogP contribution >= 0.6 is 0 Å². The highest BCUT2D eigenvalue weighted by molar-refractivity contribution is 5.80. The van der Waals surface area contributed by atoms with E-state index in [-0.39, 0.29) is 0 Å². The lowest BCUT2D eigenvalue weighted by molar-refractivity contribution is -0.132. The Balaban J connectivity index is 3.63. The van der Waals surface area contributed by atoms with Crippen LogP contribution in [0.4, 0.5) is 0 Å². The van der Waals surface area contributed by atoms with Gasteiger partial charge in [-0.15, -0.1) is 0 Å². The summed E-state index contributed by atoms with van der Waals surface area (Å²) >= 11 is 0. The van der Waals surface area contributed by atoms with Crippen molar-refractivity contribution in [1.29, 1.82) is 0 Å². The smallest absolute Gasteiger partial charge is 0.249 e. The summed E-state index contributed by atoms with van der Waals surface area (Å²) in [6.45, 7) is 4.08. The van der Waals surface area contributed by atoms with Gasteiger partial charge in [0, 0.05) is 0 Å². The standard InChI is InChI=1S/C70H131NO5/c1-3-5-7-9-11-13-15-17-19-21-23-25-27-29-31-32-33-34-35-36-37-38-40-42-44-46-48-50-52-54-56-58-60-62-64-68(74)70(76)71-66(65-72)69(75)67(73)63-61-59-57-55-53-51-49-47-45-43-41-39-30-28-26-24-22-20-18-16-14-12-10-8-6-4-2/h27,29,32-33,39,41,47,49,55,57,66-69,72-75H,3-26,28,30-31,34-38,40,42-46,48,50-54,56,58-65H2,1-2H3,(H,71,76)/b29-27-,33-32-,41-39+,49-47+,57-55+. The topological polar surface area (TPSA) is 110 Å². The Labute approximate surface area is 473 Å². The van der Waals surface area contributed by atoms with Crippen LogP contribution in [0.25, 0.3) is 0 Å². The fraction of sp³-hybridized carbons (Fsp3) is 0.843. The number of aliphatic hydroxyl groups is 4. The average molecular weight is 1070 g/mol. The summed E-state index contributed by atoms with van der Waals surface area (Å²) in [6, 6.07) is -1.02. The van der Waals surface area contributed by atoms with Gasteiger partial charge in [-0.2, -0.15) is 0 Å². The normalized spacial score (nSPS) is 13.9. The highest BCUT2D eigenvalue weighted by Crippen LogP contribution is 2.18. The third kappa shape index (κ3) is 56.7. The monoisotopic (exact) mass is 1070 g/mol. The lowest BCUT2D eigenvalue weighted by atomic mass is 10.00. The van der Waals surface area contributed by atoms with Gasteiger partial charge in [-0.3, -0.25) is 4.79 Å². The molecule has 4 unspecified atom stereocenters. The molecule has 0 rings (SSSR count). The first-order valence-corrected chi connectivity index (χ1v) is 33.7.